The van der Waals surface area contributed by atoms with E-state index in [2.05, 4.69) is 46.7 Å². The normalized spacial score (nSPS) is 14.8. The zero-order valence-electron chi connectivity index (χ0n) is 26.2. The number of aryl methyl sites for hydroxylation is 1. The van der Waals surface area contributed by atoms with Crippen molar-refractivity contribution in [2.24, 2.45) is 5.92 Å². The highest BCUT2D eigenvalue weighted by molar-refractivity contribution is 5.95. The van der Waals surface area contributed by atoms with Crippen LogP contribution in [0.15, 0.2) is 91.1 Å². The van der Waals surface area contributed by atoms with Gasteiger partial charge >= 0.3 is 0 Å². The molecule has 2 heterocycles. The van der Waals surface area contributed by atoms with Crippen LogP contribution in [-0.2, 0) is 11.2 Å². The van der Waals surface area contributed by atoms with Crippen molar-refractivity contribution in [2.75, 3.05) is 25.0 Å². The number of aromatic nitrogens is 2. The summed E-state index contributed by atoms with van der Waals surface area (Å²) in [6.07, 6.45) is 6.51. The van der Waals surface area contributed by atoms with Gasteiger partial charge in [-0.2, -0.15) is 5.10 Å². The molecule has 7 heteroatoms. The SMILES string of the molecule is CCCc1nn(-c2ccccc2)cc1C(=O)N[C@@H](CCN1CCC(c2cccc(NC(=O)C(C)C)c2)CC1)c1ccccc1. The van der Waals surface area contributed by atoms with Crippen molar-refractivity contribution in [3.63, 3.8) is 0 Å². The van der Waals surface area contributed by atoms with Crippen LogP contribution in [0, 0.1) is 5.92 Å². The molecule has 5 rings (SSSR count). The molecular formula is C37H45N5O2. The third kappa shape index (κ3) is 8.03. The first-order valence-electron chi connectivity index (χ1n) is 16.0. The smallest absolute Gasteiger partial charge is 0.255 e. The molecule has 44 heavy (non-hydrogen) atoms. The standard InChI is InChI=1S/C37H45N5O2/c1-4-12-35-33(26-42(40-35)32-17-9-6-10-18-32)37(44)39-34(29-13-7-5-8-14-29)21-24-41-22-19-28(20-23-41)30-15-11-16-31(25-30)38-36(43)27(2)3/h5-11,13-18,25-28,34H,4,12,19-24H2,1-3H3,(H,38,43)(H,39,44)/t34-/m0/s1. The van der Waals surface area contributed by atoms with Crippen LogP contribution in [0.3, 0.4) is 0 Å². The molecule has 1 aliphatic rings. The first kappa shape index (κ1) is 31.2. The molecule has 0 unspecified atom stereocenters. The van der Waals surface area contributed by atoms with Crippen LogP contribution in [0.5, 0.6) is 0 Å². The van der Waals surface area contributed by atoms with Crippen molar-refractivity contribution in [1.82, 2.24) is 20.0 Å². The molecule has 0 aliphatic carbocycles. The number of hydrogen-bond donors (Lipinski definition) is 2. The summed E-state index contributed by atoms with van der Waals surface area (Å²) in [5, 5.41) is 11.2. The van der Waals surface area contributed by atoms with Gasteiger partial charge in [0.05, 0.1) is 23.0 Å². The molecule has 1 aliphatic heterocycles. The van der Waals surface area contributed by atoms with E-state index in [4.69, 9.17) is 5.10 Å². The average molecular weight is 592 g/mol. The Hall–Kier alpha value is -4.23. The third-order valence-corrected chi connectivity index (χ3v) is 8.52. The van der Waals surface area contributed by atoms with E-state index in [0.717, 1.165) is 74.4 Å². The van der Waals surface area contributed by atoms with Gasteiger partial charge in [-0.05, 0) is 80.1 Å². The summed E-state index contributed by atoms with van der Waals surface area (Å²) >= 11 is 0. The van der Waals surface area contributed by atoms with E-state index in [0.29, 0.717) is 11.5 Å². The second kappa shape index (κ2) is 15.0. The summed E-state index contributed by atoms with van der Waals surface area (Å²) in [7, 11) is 0. The van der Waals surface area contributed by atoms with Gasteiger partial charge < -0.3 is 15.5 Å². The highest BCUT2D eigenvalue weighted by Crippen LogP contribution is 2.30. The van der Waals surface area contributed by atoms with E-state index in [-0.39, 0.29) is 23.8 Å². The number of carbonyl (C=O) groups is 2. The predicted octanol–water partition coefficient (Wildman–Crippen LogP) is 7.16. The number of amides is 2. The number of benzene rings is 3. The van der Waals surface area contributed by atoms with Crippen molar-refractivity contribution in [3.8, 4) is 5.69 Å². The molecular weight excluding hydrogens is 546 g/mol. The predicted molar refractivity (Wildman–Crippen MR) is 177 cm³/mol. The molecule has 230 valence electrons. The number of piperidine rings is 1. The molecule has 1 fully saturated rings. The fraction of sp³-hybridized carbons (Fsp3) is 0.378. The van der Waals surface area contributed by atoms with E-state index < -0.39 is 0 Å². The van der Waals surface area contributed by atoms with Gasteiger partial charge in [0.15, 0.2) is 0 Å². The van der Waals surface area contributed by atoms with E-state index in [1.807, 2.05) is 85.4 Å². The monoisotopic (exact) mass is 591 g/mol. The zero-order valence-corrected chi connectivity index (χ0v) is 26.2. The Morgan fingerprint density at radius 3 is 2.32 bits per heavy atom. The van der Waals surface area contributed by atoms with Crippen molar-refractivity contribution in [1.29, 1.82) is 0 Å². The van der Waals surface area contributed by atoms with Crippen LogP contribution in [0.2, 0.25) is 0 Å². The second-order valence-electron chi connectivity index (χ2n) is 12.1. The topological polar surface area (TPSA) is 79.3 Å². The Balaban J connectivity index is 1.22. The molecule has 3 aromatic carbocycles. The first-order valence-corrected chi connectivity index (χ1v) is 16.0. The summed E-state index contributed by atoms with van der Waals surface area (Å²) in [6, 6.07) is 28.5. The Morgan fingerprint density at radius 2 is 1.64 bits per heavy atom. The number of nitrogens with one attached hydrogen (secondary N) is 2. The van der Waals surface area contributed by atoms with Crippen molar-refractivity contribution in [2.45, 2.75) is 64.8 Å². The maximum Gasteiger partial charge on any atom is 0.255 e. The average Bonchev–Trinajstić information content (AvgIpc) is 3.48. The lowest BCUT2D eigenvalue weighted by molar-refractivity contribution is -0.118. The van der Waals surface area contributed by atoms with Crippen LogP contribution >= 0.6 is 0 Å². The number of hydrogen-bond acceptors (Lipinski definition) is 4. The van der Waals surface area contributed by atoms with Crippen molar-refractivity contribution >= 4 is 17.5 Å². The van der Waals surface area contributed by atoms with E-state index in [1.165, 1.54) is 5.56 Å². The highest BCUT2D eigenvalue weighted by Gasteiger charge is 2.24. The largest absolute Gasteiger partial charge is 0.345 e. The summed E-state index contributed by atoms with van der Waals surface area (Å²) in [5.41, 5.74) is 5.70. The molecule has 0 radical (unpaired) electrons. The van der Waals surface area contributed by atoms with Crippen LogP contribution in [-0.4, -0.2) is 46.1 Å². The van der Waals surface area contributed by atoms with Gasteiger partial charge in [-0.15, -0.1) is 0 Å². The van der Waals surface area contributed by atoms with Crippen LogP contribution in [0.1, 0.15) is 85.6 Å². The van der Waals surface area contributed by atoms with E-state index in [1.54, 1.807) is 0 Å². The lowest BCUT2D eigenvalue weighted by Crippen LogP contribution is -2.37. The van der Waals surface area contributed by atoms with Crippen LogP contribution in [0.25, 0.3) is 5.69 Å². The molecule has 2 amide bonds. The fourth-order valence-corrected chi connectivity index (χ4v) is 5.94. The number of likely N-dealkylation sites (tertiary alicyclic amines) is 1. The minimum atomic E-state index is -0.0998. The van der Waals surface area contributed by atoms with Gasteiger partial charge in [0.1, 0.15) is 0 Å². The van der Waals surface area contributed by atoms with Crippen LogP contribution < -0.4 is 10.6 Å². The molecule has 0 bridgehead atoms. The minimum Gasteiger partial charge on any atom is -0.345 e. The molecule has 0 saturated carbocycles. The molecule has 2 N–H and O–H groups in total. The Kier molecular flexibility index (Phi) is 10.6. The number of para-hydroxylation sites is 1. The Bertz CT molecular complexity index is 1510. The quantitative estimate of drug-likeness (QED) is 0.183. The van der Waals surface area contributed by atoms with Crippen molar-refractivity contribution in [3.05, 3.63) is 114 Å². The summed E-state index contributed by atoms with van der Waals surface area (Å²) in [6.45, 7) is 8.85. The first-order chi connectivity index (χ1) is 21.4. The minimum absolute atomic E-state index is 0.0446. The summed E-state index contributed by atoms with van der Waals surface area (Å²) in [4.78, 5) is 28.4. The van der Waals surface area contributed by atoms with E-state index >= 15 is 0 Å². The number of anilines is 1. The van der Waals surface area contributed by atoms with Gasteiger partial charge in [-0.25, -0.2) is 4.68 Å². The van der Waals surface area contributed by atoms with Crippen molar-refractivity contribution < 1.29 is 9.59 Å². The molecule has 7 nitrogen and oxygen atoms in total. The summed E-state index contributed by atoms with van der Waals surface area (Å²) < 4.78 is 1.82. The zero-order chi connectivity index (χ0) is 30.9. The third-order valence-electron chi connectivity index (χ3n) is 8.52. The van der Waals surface area contributed by atoms with Gasteiger partial charge in [-0.3, -0.25) is 9.59 Å². The Morgan fingerprint density at radius 1 is 0.932 bits per heavy atom. The lowest BCUT2D eigenvalue weighted by Gasteiger charge is -2.33. The van der Waals surface area contributed by atoms with E-state index in [9.17, 15) is 9.59 Å². The second-order valence-corrected chi connectivity index (χ2v) is 12.1. The number of nitrogens with zero attached hydrogens (tertiary/aromatic N) is 3. The maximum atomic E-state index is 13.7. The molecule has 1 aromatic heterocycles. The van der Waals surface area contributed by atoms with Gasteiger partial charge in [0.25, 0.3) is 5.91 Å². The number of rotatable bonds is 12. The highest BCUT2D eigenvalue weighted by atomic mass is 16.2. The molecule has 4 aromatic rings. The number of carbonyl (C=O) groups excluding carboxylic acids is 2. The molecule has 1 saturated heterocycles. The van der Waals surface area contributed by atoms with Gasteiger partial charge in [0, 0.05) is 24.3 Å². The van der Waals surface area contributed by atoms with Crippen LogP contribution in [0.4, 0.5) is 5.69 Å². The Labute approximate surface area is 261 Å². The molecule has 0 spiro atoms. The summed E-state index contributed by atoms with van der Waals surface area (Å²) in [5.74, 6) is 0.401. The fourth-order valence-electron chi connectivity index (χ4n) is 5.94. The van der Waals surface area contributed by atoms with Gasteiger partial charge in [0.2, 0.25) is 5.91 Å². The van der Waals surface area contributed by atoms with Gasteiger partial charge in [-0.1, -0.05) is 87.9 Å². The maximum absolute atomic E-state index is 13.7. The molecule has 1 atom stereocenters. The lowest BCUT2D eigenvalue weighted by atomic mass is 9.89.